The number of methoxy groups -OCH3 is 1. The molecule has 1 aromatic heterocycles. The Labute approximate surface area is 208 Å². The first kappa shape index (κ1) is 24.7. The van der Waals surface area contributed by atoms with Gasteiger partial charge in [0, 0.05) is 5.56 Å². The maximum Gasteiger partial charge on any atom is 0.338 e. The van der Waals surface area contributed by atoms with Gasteiger partial charge < -0.3 is 9.47 Å². The standard InChI is InChI=1S/C28H30N2O4S/c1-7-34-26(32)23-17(2)29-27-30(24(23)20-10-8-9-11-21(20)33-6)25(31)22(35-27)16-18-12-14-19(15-13-18)28(3,4)5/h8-16,24H,7H2,1-6H3/b22-16+/t24-/m1/s1. The summed E-state index contributed by atoms with van der Waals surface area (Å²) in [5.74, 6) is 0.0954. The van der Waals surface area contributed by atoms with Gasteiger partial charge in [0.05, 0.1) is 29.5 Å². The molecule has 0 fully saturated rings. The number of thiazole rings is 1. The van der Waals surface area contributed by atoms with Crippen LogP contribution in [-0.4, -0.2) is 24.3 Å². The number of ether oxygens (including phenoxy) is 2. The van der Waals surface area contributed by atoms with Gasteiger partial charge in [0.15, 0.2) is 4.80 Å². The lowest BCUT2D eigenvalue weighted by Gasteiger charge is -2.25. The number of hydrogen-bond donors (Lipinski definition) is 0. The predicted octanol–water partition coefficient (Wildman–Crippen LogP) is 4.10. The number of hydrogen-bond acceptors (Lipinski definition) is 6. The highest BCUT2D eigenvalue weighted by atomic mass is 32.1. The average molecular weight is 491 g/mol. The van der Waals surface area contributed by atoms with E-state index in [9.17, 15) is 9.59 Å². The van der Waals surface area contributed by atoms with Crippen molar-refractivity contribution in [3.63, 3.8) is 0 Å². The smallest absolute Gasteiger partial charge is 0.338 e. The van der Waals surface area contributed by atoms with Gasteiger partial charge >= 0.3 is 5.97 Å². The van der Waals surface area contributed by atoms with Crippen LogP contribution in [0.3, 0.4) is 0 Å². The SMILES string of the molecule is CCOC(=O)C1=C(C)N=c2s/c(=C/c3ccc(C(C)(C)C)cc3)c(=O)n2[C@@H]1c1ccccc1OC. The second-order valence-electron chi connectivity index (χ2n) is 9.42. The van der Waals surface area contributed by atoms with E-state index in [-0.39, 0.29) is 17.6 Å². The van der Waals surface area contributed by atoms with Crippen molar-refractivity contribution in [2.75, 3.05) is 13.7 Å². The number of para-hydroxylation sites is 1. The zero-order valence-electron chi connectivity index (χ0n) is 20.9. The molecule has 0 unspecified atom stereocenters. The van der Waals surface area contributed by atoms with Crippen LogP contribution in [0.25, 0.3) is 6.08 Å². The summed E-state index contributed by atoms with van der Waals surface area (Å²) in [4.78, 5) is 31.9. The highest BCUT2D eigenvalue weighted by Gasteiger charge is 2.34. The molecule has 2 heterocycles. The second kappa shape index (κ2) is 9.66. The first-order valence-corrected chi connectivity index (χ1v) is 12.4. The van der Waals surface area contributed by atoms with Crippen LogP contribution in [0.1, 0.15) is 57.4 Å². The molecule has 182 valence electrons. The molecule has 0 amide bonds. The van der Waals surface area contributed by atoms with E-state index in [2.05, 4.69) is 37.9 Å². The van der Waals surface area contributed by atoms with Crippen LogP contribution < -0.4 is 19.6 Å². The Bertz CT molecular complexity index is 1470. The Morgan fingerprint density at radius 3 is 2.46 bits per heavy atom. The Balaban J connectivity index is 1.92. The molecule has 1 aliphatic heterocycles. The van der Waals surface area contributed by atoms with Crippen LogP contribution in [0, 0.1) is 0 Å². The van der Waals surface area contributed by atoms with Crippen molar-refractivity contribution in [2.45, 2.75) is 46.1 Å². The number of carbonyl (C=O) groups is 1. The lowest BCUT2D eigenvalue weighted by molar-refractivity contribution is -0.139. The lowest BCUT2D eigenvalue weighted by Crippen LogP contribution is -2.40. The van der Waals surface area contributed by atoms with Crippen LogP contribution >= 0.6 is 11.3 Å². The van der Waals surface area contributed by atoms with Gasteiger partial charge in [-0.2, -0.15) is 0 Å². The maximum atomic E-state index is 13.7. The Hall–Kier alpha value is -3.45. The molecule has 4 rings (SSSR count). The zero-order valence-corrected chi connectivity index (χ0v) is 21.7. The third-order valence-corrected chi connectivity index (χ3v) is 7.01. The fourth-order valence-corrected chi connectivity index (χ4v) is 5.26. The molecule has 2 aromatic carbocycles. The van der Waals surface area contributed by atoms with E-state index in [1.54, 1.807) is 25.5 Å². The van der Waals surface area contributed by atoms with Crippen LogP contribution in [0.4, 0.5) is 0 Å². The number of fused-ring (bicyclic) bond motifs is 1. The molecule has 0 saturated heterocycles. The molecule has 0 aliphatic carbocycles. The Morgan fingerprint density at radius 1 is 1.14 bits per heavy atom. The van der Waals surface area contributed by atoms with Crippen molar-refractivity contribution < 1.29 is 14.3 Å². The van der Waals surface area contributed by atoms with Gasteiger partial charge in [-0.3, -0.25) is 9.36 Å². The molecule has 1 aliphatic rings. The van der Waals surface area contributed by atoms with Crippen LogP contribution in [0.15, 0.2) is 69.6 Å². The first-order chi connectivity index (χ1) is 16.7. The van der Waals surface area contributed by atoms with E-state index in [0.29, 0.717) is 31.9 Å². The van der Waals surface area contributed by atoms with E-state index in [4.69, 9.17) is 9.47 Å². The second-order valence-corrected chi connectivity index (χ2v) is 10.4. The zero-order chi connectivity index (χ0) is 25.3. The predicted molar refractivity (Wildman–Crippen MR) is 139 cm³/mol. The monoisotopic (exact) mass is 490 g/mol. The molecular formula is C28H30N2O4S. The fraction of sp³-hybridized carbons (Fsp3) is 0.321. The number of carbonyl (C=O) groups excluding carboxylic acids is 1. The molecule has 3 aromatic rings. The molecule has 0 radical (unpaired) electrons. The van der Waals surface area contributed by atoms with Crippen molar-refractivity contribution in [1.29, 1.82) is 0 Å². The summed E-state index contributed by atoms with van der Waals surface area (Å²) in [5, 5.41) is 0. The van der Waals surface area contributed by atoms with Gasteiger partial charge in [0.25, 0.3) is 5.56 Å². The molecule has 6 nitrogen and oxygen atoms in total. The lowest BCUT2D eigenvalue weighted by atomic mass is 9.87. The van der Waals surface area contributed by atoms with E-state index in [1.807, 2.05) is 42.5 Å². The number of aromatic nitrogens is 1. The third kappa shape index (κ3) is 4.73. The number of benzene rings is 2. The van der Waals surface area contributed by atoms with Crippen molar-refractivity contribution in [2.24, 2.45) is 4.99 Å². The minimum Gasteiger partial charge on any atom is -0.496 e. The van der Waals surface area contributed by atoms with Crippen molar-refractivity contribution in [3.05, 3.63) is 96.2 Å². The van der Waals surface area contributed by atoms with Gasteiger partial charge in [-0.15, -0.1) is 0 Å². The van der Waals surface area contributed by atoms with Gasteiger partial charge in [-0.05, 0) is 42.5 Å². The van der Waals surface area contributed by atoms with Crippen molar-refractivity contribution >= 4 is 23.4 Å². The van der Waals surface area contributed by atoms with E-state index in [0.717, 1.165) is 5.56 Å². The summed E-state index contributed by atoms with van der Waals surface area (Å²) in [6.45, 7) is 10.3. The Morgan fingerprint density at radius 2 is 1.83 bits per heavy atom. The van der Waals surface area contributed by atoms with Crippen molar-refractivity contribution in [1.82, 2.24) is 4.57 Å². The third-order valence-electron chi connectivity index (χ3n) is 6.03. The quantitative estimate of drug-likeness (QED) is 0.505. The largest absolute Gasteiger partial charge is 0.496 e. The molecule has 0 spiro atoms. The number of esters is 1. The summed E-state index contributed by atoms with van der Waals surface area (Å²) in [6, 6.07) is 14.9. The van der Waals surface area contributed by atoms with Crippen LogP contribution in [-0.2, 0) is 14.9 Å². The summed E-state index contributed by atoms with van der Waals surface area (Å²) < 4.78 is 13.1. The Kier molecular flexibility index (Phi) is 6.81. The summed E-state index contributed by atoms with van der Waals surface area (Å²) in [5.41, 5.74) is 3.56. The number of allylic oxidation sites excluding steroid dienone is 1. The van der Waals surface area contributed by atoms with E-state index < -0.39 is 12.0 Å². The number of rotatable bonds is 5. The molecule has 1 atom stereocenters. The van der Waals surface area contributed by atoms with Gasteiger partial charge in [-0.1, -0.05) is 74.6 Å². The van der Waals surface area contributed by atoms with Gasteiger partial charge in [0.1, 0.15) is 11.8 Å². The molecule has 0 bridgehead atoms. The van der Waals surface area contributed by atoms with Gasteiger partial charge in [-0.25, -0.2) is 9.79 Å². The molecule has 0 N–H and O–H groups in total. The average Bonchev–Trinajstić information content (AvgIpc) is 3.12. The highest BCUT2D eigenvalue weighted by molar-refractivity contribution is 7.07. The molecule has 35 heavy (non-hydrogen) atoms. The van der Waals surface area contributed by atoms with E-state index in [1.165, 1.54) is 16.9 Å². The fourth-order valence-electron chi connectivity index (χ4n) is 4.21. The first-order valence-electron chi connectivity index (χ1n) is 11.6. The molecular weight excluding hydrogens is 460 g/mol. The van der Waals surface area contributed by atoms with E-state index >= 15 is 0 Å². The van der Waals surface area contributed by atoms with Crippen LogP contribution in [0.2, 0.25) is 0 Å². The highest BCUT2D eigenvalue weighted by Crippen LogP contribution is 2.35. The number of nitrogens with zero attached hydrogens (tertiary/aromatic N) is 2. The van der Waals surface area contributed by atoms with Gasteiger partial charge in [0.2, 0.25) is 0 Å². The maximum absolute atomic E-state index is 13.7. The molecule has 7 heteroatoms. The van der Waals surface area contributed by atoms with Crippen molar-refractivity contribution in [3.8, 4) is 5.75 Å². The summed E-state index contributed by atoms with van der Waals surface area (Å²) in [6.07, 6.45) is 1.87. The minimum atomic E-state index is -0.702. The topological polar surface area (TPSA) is 69.9 Å². The minimum absolute atomic E-state index is 0.0492. The summed E-state index contributed by atoms with van der Waals surface area (Å²) in [7, 11) is 1.57. The molecule has 0 saturated carbocycles. The van der Waals surface area contributed by atoms with Crippen LogP contribution in [0.5, 0.6) is 5.75 Å². The summed E-state index contributed by atoms with van der Waals surface area (Å²) >= 11 is 1.31. The normalized spacial score (nSPS) is 16.1.